The molecule has 19 heavy (non-hydrogen) atoms. The van der Waals surface area contributed by atoms with Crippen molar-refractivity contribution in [3.8, 4) is 0 Å². The lowest BCUT2D eigenvalue weighted by atomic mass is 10.1. The summed E-state index contributed by atoms with van der Waals surface area (Å²) in [4.78, 5) is 13.7. The molecular formula is C15H13FN2O. The standard InChI is InChI=1S/C15H13FN2O/c1-11-14-6-3-7-17(14)10-15(19)18(11)9-12-4-2-5-13(16)8-12/h2-8H,1,9-10H2. The Morgan fingerprint density at radius 2 is 2.11 bits per heavy atom. The smallest absolute Gasteiger partial charge is 0.247 e. The van der Waals surface area contributed by atoms with E-state index in [1.54, 1.807) is 17.0 Å². The van der Waals surface area contributed by atoms with Crippen LogP contribution >= 0.6 is 0 Å². The van der Waals surface area contributed by atoms with Crippen molar-refractivity contribution in [1.29, 1.82) is 0 Å². The van der Waals surface area contributed by atoms with Gasteiger partial charge < -0.3 is 9.47 Å². The summed E-state index contributed by atoms with van der Waals surface area (Å²) in [5, 5.41) is 0. The summed E-state index contributed by atoms with van der Waals surface area (Å²) in [5.74, 6) is -0.325. The number of rotatable bonds is 2. The molecule has 0 saturated carbocycles. The second-order valence-electron chi connectivity index (χ2n) is 4.58. The highest BCUT2D eigenvalue weighted by Gasteiger charge is 2.25. The summed E-state index contributed by atoms with van der Waals surface area (Å²) in [6.07, 6.45) is 1.86. The van der Waals surface area contributed by atoms with Crippen LogP contribution in [0.5, 0.6) is 0 Å². The first-order chi connectivity index (χ1) is 9.15. The molecule has 0 aliphatic carbocycles. The van der Waals surface area contributed by atoms with Crippen LogP contribution in [0.15, 0.2) is 49.2 Å². The predicted molar refractivity (Wildman–Crippen MR) is 70.4 cm³/mol. The Labute approximate surface area is 110 Å². The summed E-state index contributed by atoms with van der Waals surface area (Å²) in [7, 11) is 0. The Morgan fingerprint density at radius 3 is 2.89 bits per heavy atom. The van der Waals surface area contributed by atoms with E-state index in [0.717, 1.165) is 11.3 Å². The first kappa shape index (κ1) is 11.7. The molecule has 1 aromatic carbocycles. The second kappa shape index (κ2) is 4.39. The average Bonchev–Trinajstić information content (AvgIpc) is 2.83. The van der Waals surface area contributed by atoms with Gasteiger partial charge in [-0.05, 0) is 29.8 Å². The van der Waals surface area contributed by atoms with Gasteiger partial charge in [0.05, 0.1) is 17.9 Å². The fourth-order valence-electron chi connectivity index (χ4n) is 2.34. The summed E-state index contributed by atoms with van der Waals surface area (Å²) in [5.41, 5.74) is 2.34. The van der Waals surface area contributed by atoms with Gasteiger partial charge >= 0.3 is 0 Å². The van der Waals surface area contributed by atoms with E-state index in [-0.39, 0.29) is 11.7 Å². The van der Waals surface area contributed by atoms with Crippen molar-refractivity contribution in [2.24, 2.45) is 0 Å². The maximum absolute atomic E-state index is 13.2. The molecule has 0 unspecified atom stereocenters. The SMILES string of the molecule is C=C1c2cccn2CC(=O)N1Cc1cccc(F)c1. The van der Waals surface area contributed by atoms with E-state index in [2.05, 4.69) is 6.58 Å². The predicted octanol–water partition coefficient (Wildman–Crippen LogP) is 2.64. The molecule has 1 aliphatic rings. The first-order valence-corrected chi connectivity index (χ1v) is 6.04. The number of carbonyl (C=O) groups excluding carboxylic acids is 1. The van der Waals surface area contributed by atoms with Crippen LogP contribution in [0.3, 0.4) is 0 Å². The largest absolute Gasteiger partial charge is 0.337 e. The summed E-state index contributed by atoms with van der Waals surface area (Å²) in [6, 6.07) is 10.1. The van der Waals surface area contributed by atoms with E-state index >= 15 is 0 Å². The summed E-state index contributed by atoms with van der Waals surface area (Å²) < 4.78 is 15.0. The Hall–Kier alpha value is -2.36. The van der Waals surface area contributed by atoms with Crippen LogP contribution in [0.4, 0.5) is 4.39 Å². The number of amides is 1. The van der Waals surface area contributed by atoms with E-state index in [1.165, 1.54) is 12.1 Å². The van der Waals surface area contributed by atoms with Crippen molar-refractivity contribution in [3.63, 3.8) is 0 Å². The summed E-state index contributed by atoms with van der Waals surface area (Å²) in [6.45, 7) is 4.62. The Morgan fingerprint density at radius 1 is 1.26 bits per heavy atom. The molecule has 96 valence electrons. The Bertz CT molecular complexity index is 660. The van der Waals surface area contributed by atoms with Crippen molar-refractivity contribution in [2.45, 2.75) is 13.1 Å². The molecule has 2 heterocycles. The monoisotopic (exact) mass is 256 g/mol. The highest BCUT2D eigenvalue weighted by Crippen LogP contribution is 2.25. The highest BCUT2D eigenvalue weighted by molar-refractivity contribution is 5.88. The number of hydrogen-bond donors (Lipinski definition) is 0. The van der Waals surface area contributed by atoms with Gasteiger partial charge in [0.2, 0.25) is 5.91 Å². The fourth-order valence-corrected chi connectivity index (χ4v) is 2.34. The number of aromatic nitrogens is 1. The van der Waals surface area contributed by atoms with Crippen LogP contribution in [0, 0.1) is 5.82 Å². The fraction of sp³-hybridized carbons (Fsp3) is 0.133. The zero-order chi connectivity index (χ0) is 13.4. The molecule has 1 amide bonds. The van der Waals surface area contributed by atoms with Gasteiger partial charge in [0, 0.05) is 6.20 Å². The molecule has 0 saturated heterocycles. The molecule has 2 aromatic rings. The van der Waals surface area contributed by atoms with Gasteiger partial charge in [-0.1, -0.05) is 18.7 Å². The number of benzene rings is 1. The Balaban J connectivity index is 1.90. The van der Waals surface area contributed by atoms with Crippen molar-refractivity contribution in [3.05, 3.63) is 66.2 Å². The van der Waals surface area contributed by atoms with Gasteiger partial charge in [-0.25, -0.2) is 4.39 Å². The van der Waals surface area contributed by atoms with Crippen LogP contribution in [0.25, 0.3) is 5.70 Å². The van der Waals surface area contributed by atoms with E-state index in [0.29, 0.717) is 18.8 Å². The number of carbonyl (C=O) groups is 1. The highest BCUT2D eigenvalue weighted by atomic mass is 19.1. The maximum atomic E-state index is 13.2. The zero-order valence-electron chi connectivity index (χ0n) is 10.3. The van der Waals surface area contributed by atoms with E-state index in [1.807, 2.05) is 22.9 Å². The number of nitrogens with zero attached hydrogens (tertiary/aromatic N) is 2. The number of fused-ring (bicyclic) bond motifs is 1. The Kier molecular flexibility index (Phi) is 2.71. The number of halogens is 1. The van der Waals surface area contributed by atoms with Crippen molar-refractivity contribution >= 4 is 11.6 Å². The third kappa shape index (κ3) is 2.05. The molecule has 0 N–H and O–H groups in total. The molecule has 3 rings (SSSR count). The van der Waals surface area contributed by atoms with Gasteiger partial charge in [-0.15, -0.1) is 0 Å². The van der Waals surface area contributed by atoms with Crippen LogP contribution < -0.4 is 0 Å². The molecule has 1 aromatic heterocycles. The topological polar surface area (TPSA) is 25.2 Å². The van der Waals surface area contributed by atoms with E-state index < -0.39 is 0 Å². The van der Waals surface area contributed by atoms with Crippen LogP contribution in [-0.4, -0.2) is 15.4 Å². The lowest BCUT2D eigenvalue weighted by Gasteiger charge is -2.30. The minimum Gasteiger partial charge on any atom is -0.337 e. The molecule has 0 radical (unpaired) electrons. The lowest BCUT2D eigenvalue weighted by Crippen LogP contribution is -2.36. The normalized spacial score (nSPS) is 14.7. The molecule has 0 atom stereocenters. The molecule has 0 fully saturated rings. The van der Waals surface area contributed by atoms with Crippen molar-refractivity contribution < 1.29 is 9.18 Å². The van der Waals surface area contributed by atoms with Gasteiger partial charge in [0.15, 0.2) is 0 Å². The lowest BCUT2D eigenvalue weighted by molar-refractivity contribution is -0.129. The minimum atomic E-state index is -0.295. The van der Waals surface area contributed by atoms with Crippen LogP contribution in [0.2, 0.25) is 0 Å². The first-order valence-electron chi connectivity index (χ1n) is 6.04. The van der Waals surface area contributed by atoms with Crippen molar-refractivity contribution in [1.82, 2.24) is 9.47 Å². The van der Waals surface area contributed by atoms with Gasteiger partial charge in [0.25, 0.3) is 0 Å². The third-order valence-electron chi connectivity index (χ3n) is 3.29. The quantitative estimate of drug-likeness (QED) is 0.811. The molecule has 1 aliphatic heterocycles. The maximum Gasteiger partial charge on any atom is 0.247 e. The second-order valence-corrected chi connectivity index (χ2v) is 4.58. The molecule has 0 bridgehead atoms. The number of hydrogen-bond acceptors (Lipinski definition) is 1. The van der Waals surface area contributed by atoms with Crippen LogP contribution in [-0.2, 0) is 17.9 Å². The molecule has 4 heteroatoms. The minimum absolute atomic E-state index is 0.0297. The van der Waals surface area contributed by atoms with Gasteiger partial charge in [-0.3, -0.25) is 4.79 Å². The van der Waals surface area contributed by atoms with Crippen molar-refractivity contribution in [2.75, 3.05) is 0 Å². The van der Waals surface area contributed by atoms with Crippen LogP contribution in [0.1, 0.15) is 11.3 Å². The zero-order valence-corrected chi connectivity index (χ0v) is 10.3. The summed E-state index contributed by atoms with van der Waals surface area (Å²) >= 11 is 0. The molecular weight excluding hydrogens is 243 g/mol. The van der Waals surface area contributed by atoms with E-state index in [4.69, 9.17) is 0 Å². The molecule has 0 spiro atoms. The molecule has 3 nitrogen and oxygen atoms in total. The van der Waals surface area contributed by atoms with Gasteiger partial charge in [0.1, 0.15) is 12.4 Å². The third-order valence-corrected chi connectivity index (χ3v) is 3.29. The van der Waals surface area contributed by atoms with Gasteiger partial charge in [-0.2, -0.15) is 0 Å². The average molecular weight is 256 g/mol. The van der Waals surface area contributed by atoms with E-state index in [9.17, 15) is 9.18 Å².